The Morgan fingerprint density at radius 1 is 1.24 bits per heavy atom. The van der Waals surface area contributed by atoms with E-state index in [2.05, 4.69) is 13.8 Å². The van der Waals surface area contributed by atoms with Gasteiger partial charge in [0, 0.05) is 12.1 Å². The van der Waals surface area contributed by atoms with E-state index in [0.29, 0.717) is 11.3 Å². The van der Waals surface area contributed by atoms with Crippen molar-refractivity contribution in [1.29, 1.82) is 0 Å². The Balaban J connectivity index is 2.02. The highest BCUT2D eigenvalue weighted by atomic mass is 16.5. The summed E-state index contributed by atoms with van der Waals surface area (Å²) < 4.78 is 5.52. The van der Waals surface area contributed by atoms with Crippen LogP contribution >= 0.6 is 0 Å². The maximum atomic E-state index is 12.4. The van der Waals surface area contributed by atoms with Gasteiger partial charge in [-0.25, -0.2) is 0 Å². The molecule has 114 valence electrons. The van der Waals surface area contributed by atoms with Crippen molar-refractivity contribution in [3.8, 4) is 5.75 Å². The van der Waals surface area contributed by atoms with E-state index < -0.39 is 5.91 Å². The molecule has 2 amide bonds. The quantitative estimate of drug-likeness (QED) is 0.921. The molecule has 0 bridgehead atoms. The smallest absolute Gasteiger partial charge is 0.260 e. The maximum absolute atomic E-state index is 12.4. The molecule has 1 aromatic rings. The van der Waals surface area contributed by atoms with Crippen LogP contribution < -0.4 is 10.5 Å². The molecule has 1 aromatic carbocycles. The molecule has 0 spiro atoms. The predicted molar refractivity (Wildman–Crippen MR) is 80.1 cm³/mol. The van der Waals surface area contributed by atoms with Crippen LogP contribution in [-0.4, -0.2) is 35.4 Å². The van der Waals surface area contributed by atoms with Crippen LogP contribution in [-0.2, 0) is 4.79 Å². The number of carbonyl (C=O) groups is 2. The Labute approximate surface area is 125 Å². The highest BCUT2D eigenvalue weighted by molar-refractivity contribution is 5.95. The van der Waals surface area contributed by atoms with Gasteiger partial charge in [-0.1, -0.05) is 12.1 Å². The first-order chi connectivity index (χ1) is 10.0. The van der Waals surface area contributed by atoms with Crippen molar-refractivity contribution in [1.82, 2.24) is 4.90 Å². The molecule has 0 aromatic heterocycles. The lowest BCUT2D eigenvalue weighted by atomic mass is 9.97. The third-order valence-electron chi connectivity index (χ3n) is 3.99. The number of para-hydroxylation sites is 1. The second-order valence-electron chi connectivity index (χ2n) is 5.58. The van der Waals surface area contributed by atoms with E-state index in [1.54, 1.807) is 24.3 Å². The first kappa shape index (κ1) is 15.4. The maximum Gasteiger partial charge on any atom is 0.260 e. The zero-order chi connectivity index (χ0) is 15.4. The zero-order valence-electron chi connectivity index (χ0n) is 12.5. The van der Waals surface area contributed by atoms with Crippen LogP contribution in [0.1, 0.15) is 43.5 Å². The number of nitrogens with zero attached hydrogens (tertiary/aromatic N) is 1. The predicted octanol–water partition coefficient (Wildman–Crippen LogP) is 1.95. The van der Waals surface area contributed by atoms with Crippen LogP contribution in [0.25, 0.3) is 0 Å². The Morgan fingerprint density at radius 3 is 2.48 bits per heavy atom. The minimum Gasteiger partial charge on any atom is -0.483 e. The summed E-state index contributed by atoms with van der Waals surface area (Å²) in [6.07, 6.45) is 3.19. The average Bonchev–Trinajstić information content (AvgIpc) is 2.45. The number of nitrogens with two attached hydrogens (primary N) is 1. The summed E-state index contributed by atoms with van der Waals surface area (Å²) in [5.41, 5.74) is 5.59. The molecule has 1 fully saturated rings. The van der Waals surface area contributed by atoms with Gasteiger partial charge in [-0.3, -0.25) is 9.59 Å². The Hall–Kier alpha value is -2.04. The SMILES string of the molecule is C[C@@H]1CCC[C@H](C)N1C(=O)COc1ccccc1C(N)=O. The third kappa shape index (κ3) is 3.54. The van der Waals surface area contributed by atoms with Crippen LogP contribution in [0, 0.1) is 0 Å². The Kier molecular flexibility index (Phi) is 4.83. The first-order valence-electron chi connectivity index (χ1n) is 7.33. The molecule has 0 radical (unpaired) electrons. The molecule has 1 aliphatic heterocycles. The topological polar surface area (TPSA) is 72.6 Å². The highest BCUT2D eigenvalue weighted by Gasteiger charge is 2.29. The van der Waals surface area contributed by atoms with Gasteiger partial charge in [-0.2, -0.15) is 0 Å². The molecule has 1 saturated heterocycles. The van der Waals surface area contributed by atoms with Gasteiger partial charge >= 0.3 is 0 Å². The standard InChI is InChI=1S/C16H22N2O3/c1-11-6-5-7-12(2)18(11)15(19)10-21-14-9-4-3-8-13(14)16(17)20/h3-4,8-9,11-12H,5-7,10H2,1-2H3,(H2,17,20)/t11-,12+. The number of carbonyl (C=O) groups excluding carboxylic acids is 2. The van der Waals surface area contributed by atoms with E-state index in [1.807, 2.05) is 4.90 Å². The van der Waals surface area contributed by atoms with Crippen molar-refractivity contribution >= 4 is 11.8 Å². The van der Waals surface area contributed by atoms with Crippen molar-refractivity contribution in [3.63, 3.8) is 0 Å². The van der Waals surface area contributed by atoms with Crippen molar-refractivity contribution in [2.45, 2.75) is 45.2 Å². The number of primary amides is 1. The Morgan fingerprint density at radius 2 is 1.86 bits per heavy atom. The van der Waals surface area contributed by atoms with E-state index in [9.17, 15) is 9.59 Å². The van der Waals surface area contributed by atoms with E-state index in [0.717, 1.165) is 19.3 Å². The summed E-state index contributed by atoms with van der Waals surface area (Å²) >= 11 is 0. The molecule has 2 rings (SSSR count). The van der Waals surface area contributed by atoms with Gasteiger partial charge in [0.1, 0.15) is 5.75 Å². The molecular weight excluding hydrogens is 268 g/mol. The Bertz CT molecular complexity index is 520. The third-order valence-corrected chi connectivity index (χ3v) is 3.99. The molecule has 0 saturated carbocycles. The number of hydrogen-bond donors (Lipinski definition) is 1. The van der Waals surface area contributed by atoms with Crippen LogP contribution in [0.4, 0.5) is 0 Å². The minimum absolute atomic E-state index is 0.0472. The largest absolute Gasteiger partial charge is 0.483 e. The molecular formula is C16H22N2O3. The van der Waals surface area contributed by atoms with Gasteiger partial charge in [0.05, 0.1) is 5.56 Å². The number of piperidine rings is 1. The average molecular weight is 290 g/mol. The normalized spacial score (nSPS) is 21.9. The van der Waals surface area contributed by atoms with Crippen molar-refractivity contribution < 1.29 is 14.3 Å². The zero-order valence-corrected chi connectivity index (χ0v) is 12.5. The van der Waals surface area contributed by atoms with Gasteiger partial charge in [0.25, 0.3) is 11.8 Å². The second-order valence-corrected chi connectivity index (χ2v) is 5.58. The number of rotatable bonds is 4. The molecule has 2 atom stereocenters. The summed E-state index contributed by atoms with van der Waals surface area (Å²) in [5, 5.41) is 0. The molecule has 5 nitrogen and oxygen atoms in total. The fourth-order valence-electron chi connectivity index (χ4n) is 2.92. The molecule has 1 heterocycles. The van der Waals surface area contributed by atoms with Gasteiger partial charge in [0.15, 0.2) is 6.61 Å². The summed E-state index contributed by atoms with van der Waals surface area (Å²) in [7, 11) is 0. The molecule has 0 unspecified atom stereocenters. The van der Waals surface area contributed by atoms with Crippen LogP contribution in [0.3, 0.4) is 0 Å². The van der Waals surface area contributed by atoms with Gasteiger partial charge in [-0.15, -0.1) is 0 Å². The van der Waals surface area contributed by atoms with E-state index >= 15 is 0 Å². The van der Waals surface area contributed by atoms with E-state index in [-0.39, 0.29) is 24.6 Å². The van der Waals surface area contributed by atoms with Gasteiger partial charge in [-0.05, 0) is 45.2 Å². The van der Waals surface area contributed by atoms with Crippen LogP contribution in [0.2, 0.25) is 0 Å². The summed E-state index contributed by atoms with van der Waals surface area (Å²) in [5.74, 6) is -0.248. The van der Waals surface area contributed by atoms with E-state index in [4.69, 9.17) is 10.5 Å². The lowest BCUT2D eigenvalue weighted by Crippen LogP contribution is -2.49. The number of hydrogen-bond acceptors (Lipinski definition) is 3. The van der Waals surface area contributed by atoms with Crippen LogP contribution in [0.5, 0.6) is 5.75 Å². The van der Waals surface area contributed by atoms with Crippen LogP contribution in [0.15, 0.2) is 24.3 Å². The molecule has 2 N–H and O–H groups in total. The highest BCUT2D eigenvalue weighted by Crippen LogP contribution is 2.23. The van der Waals surface area contributed by atoms with Gasteiger partial charge in [0.2, 0.25) is 0 Å². The lowest BCUT2D eigenvalue weighted by molar-refractivity contribution is -0.139. The lowest BCUT2D eigenvalue weighted by Gasteiger charge is -2.39. The number of ether oxygens (including phenoxy) is 1. The summed E-state index contributed by atoms with van der Waals surface area (Å²) in [4.78, 5) is 25.6. The van der Waals surface area contributed by atoms with Crippen molar-refractivity contribution in [3.05, 3.63) is 29.8 Å². The molecule has 5 heteroatoms. The molecule has 1 aliphatic rings. The van der Waals surface area contributed by atoms with Crippen molar-refractivity contribution in [2.24, 2.45) is 5.73 Å². The second kappa shape index (κ2) is 6.61. The minimum atomic E-state index is -0.558. The molecule has 21 heavy (non-hydrogen) atoms. The fraction of sp³-hybridized carbons (Fsp3) is 0.500. The first-order valence-corrected chi connectivity index (χ1v) is 7.33. The monoisotopic (exact) mass is 290 g/mol. The van der Waals surface area contributed by atoms with Gasteiger partial charge < -0.3 is 15.4 Å². The number of likely N-dealkylation sites (tertiary alicyclic amines) is 1. The summed E-state index contributed by atoms with van der Waals surface area (Å²) in [6.45, 7) is 4.05. The van der Waals surface area contributed by atoms with E-state index in [1.165, 1.54) is 0 Å². The molecule has 0 aliphatic carbocycles. The number of benzene rings is 1. The summed E-state index contributed by atoms with van der Waals surface area (Å²) in [6, 6.07) is 7.17. The van der Waals surface area contributed by atoms with Crippen molar-refractivity contribution in [2.75, 3.05) is 6.61 Å². The fourth-order valence-corrected chi connectivity index (χ4v) is 2.92. The number of amides is 2.